The van der Waals surface area contributed by atoms with Crippen LogP contribution in [0.2, 0.25) is 0 Å². The predicted molar refractivity (Wildman–Crippen MR) is 118 cm³/mol. The summed E-state index contributed by atoms with van der Waals surface area (Å²) in [5.41, 5.74) is 1.13. The molecule has 0 bridgehead atoms. The van der Waals surface area contributed by atoms with E-state index in [1.165, 1.54) is 12.3 Å². The van der Waals surface area contributed by atoms with Gasteiger partial charge in [0.05, 0.1) is 16.8 Å². The van der Waals surface area contributed by atoms with Crippen molar-refractivity contribution in [3.05, 3.63) is 69.4 Å². The van der Waals surface area contributed by atoms with Crippen LogP contribution in [0.4, 0.5) is 19.0 Å². The lowest BCUT2D eigenvalue weighted by Gasteiger charge is -2.17. The van der Waals surface area contributed by atoms with Crippen LogP contribution in [0.15, 0.2) is 51.6 Å². The van der Waals surface area contributed by atoms with Gasteiger partial charge in [0.15, 0.2) is 15.7 Å². The van der Waals surface area contributed by atoms with Gasteiger partial charge in [-0.2, -0.15) is 8.78 Å². The van der Waals surface area contributed by atoms with Crippen molar-refractivity contribution in [1.29, 1.82) is 0 Å². The third-order valence-corrected chi connectivity index (χ3v) is 6.64. The third-order valence-electron chi connectivity index (χ3n) is 4.73. The lowest BCUT2D eigenvalue weighted by Crippen LogP contribution is -2.23. The minimum absolute atomic E-state index is 0.0296. The van der Waals surface area contributed by atoms with E-state index in [2.05, 4.69) is 36.3 Å². The van der Waals surface area contributed by atoms with E-state index in [4.69, 9.17) is 0 Å². The number of anilines is 1. The van der Waals surface area contributed by atoms with Crippen molar-refractivity contribution in [2.75, 3.05) is 18.1 Å². The van der Waals surface area contributed by atoms with Crippen LogP contribution in [-0.2, 0) is 21.5 Å². The largest absolute Gasteiger partial charge is 0.333 e. The van der Waals surface area contributed by atoms with Crippen molar-refractivity contribution >= 4 is 42.9 Å². The Balaban J connectivity index is 1.86. The Labute approximate surface area is 190 Å². The van der Waals surface area contributed by atoms with Crippen LogP contribution in [0.25, 0.3) is 5.52 Å². The van der Waals surface area contributed by atoms with Gasteiger partial charge < -0.3 is 5.32 Å². The van der Waals surface area contributed by atoms with Gasteiger partial charge >= 0.3 is 5.92 Å². The van der Waals surface area contributed by atoms with Gasteiger partial charge in [0.1, 0.15) is 17.2 Å². The molecule has 3 aromatic rings. The average molecular weight is 528 g/mol. The molecule has 1 aliphatic heterocycles. The Kier molecular flexibility index (Phi) is 5.61. The summed E-state index contributed by atoms with van der Waals surface area (Å²) in [4.78, 5) is 8.36. The Hall–Kier alpha value is -2.73. The summed E-state index contributed by atoms with van der Waals surface area (Å²) < 4.78 is 68.9. The zero-order valence-corrected chi connectivity index (χ0v) is 19.3. The maximum atomic E-state index is 15.2. The molecule has 1 aromatic carbocycles. The first-order valence-electron chi connectivity index (χ1n) is 9.32. The molecular formula is C20H17BrF3N5O2S. The molecule has 0 saturated carbocycles. The first kappa shape index (κ1) is 22.5. The molecule has 3 heterocycles. The molecule has 0 unspecified atom stereocenters. The molecule has 0 aliphatic carbocycles. The monoisotopic (exact) mass is 527 g/mol. The zero-order chi connectivity index (χ0) is 23.3. The second-order valence-electron chi connectivity index (χ2n) is 7.50. The van der Waals surface area contributed by atoms with Gasteiger partial charge in [0, 0.05) is 18.0 Å². The minimum Gasteiger partial charge on any atom is -0.322 e. The molecule has 1 aliphatic rings. The quantitative estimate of drug-likeness (QED) is 0.540. The Morgan fingerprint density at radius 1 is 1.25 bits per heavy atom. The standard InChI is InChI=1S/C20H17BrF3N5O2S/c1-11-8-25-18(16(11)21)26-17-15-7-12(10-32(2,30)31)9-29(15)28-19(27-17)20(23,24)13-3-5-14(22)6-4-13/h3-7,9H,8,10H2,1-2H3,(H,25,26,27,28). The van der Waals surface area contributed by atoms with Crippen molar-refractivity contribution in [2.45, 2.75) is 18.6 Å². The van der Waals surface area contributed by atoms with Crippen LogP contribution >= 0.6 is 15.9 Å². The fraction of sp³-hybridized carbons (Fsp3) is 0.250. The molecule has 7 nitrogen and oxygen atoms in total. The highest BCUT2D eigenvalue weighted by atomic mass is 79.9. The fourth-order valence-electron chi connectivity index (χ4n) is 3.19. The van der Waals surface area contributed by atoms with Crippen LogP contribution in [0.5, 0.6) is 0 Å². The predicted octanol–water partition coefficient (Wildman–Crippen LogP) is 4.05. The van der Waals surface area contributed by atoms with E-state index in [0.717, 1.165) is 40.6 Å². The molecule has 1 N–H and O–H groups in total. The van der Waals surface area contributed by atoms with Crippen molar-refractivity contribution in [3.8, 4) is 0 Å². The van der Waals surface area contributed by atoms with Gasteiger partial charge in [-0.05, 0) is 64.3 Å². The van der Waals surface area contributed by atoms with Gasteiger partial charge in [-0.25, -0.2) is 22.3 Å². The Bertz CT molecular complexity index is 1380. The van der Waals surface area contributed by atoms with Crippen molar-refractivity contribution < 1.29 is 21.6 Å². The molecular weight excluding hydrogens is 511 g/mol. The molecule has 2 aromatic heterocycles. The van der Waals surface area contributed by atoms with E-state index < -0.39 is 33.0 Å². The number of hydrogen-bond acceptors (Lipinski definition) is 6. The van der Waals surface area contributed by atoms with Crippen LogP contribution in [0.1, 0.15) is 23.9 Å². The SMILES string of the molecule is CC1=C(Br)C(Nc2nc(C(F)(F)c3ccc(F)cc3)nn3cc(CS(C)(=O)=O)cc23)=NC1. The number of nitrogens with one attached hydrogen (secondary N) is 1. The molecule has 168 valence electrons. The average Bonchev–Trinajstić information content (AvgIpc) is 3.24. The molecule has 32 heavy (non-hydrogen) atoms. The second-order valence-corrected chi connectivity index (χ2v) is 10.4. The van der Waals surface area contributed by atoms with E-state index in [-0.39, 0.29) is 11.6 Å². The number of benzene rings is 1. The number of aliphatic imine (C=N–C) groups is 1. The molecule has 0 amide bonds. The number of rotatable bonds is 5. The molecule has 0 atom stereocenters. The van der Waals surface area contributed by atoms with Gasteiger partial charge in [-0.1, -0.05) is 0 Å². The molecule has 0 radical (unpaired) electrons. The maximum absolute atomic E-state index is 15.2. The van der Waals surface area contributed by atoms with Crippen LogP contribution in [0, 0.1) is 5.82 Å². The minimum atomic E-state index is -3.64. The van der Waals surface area contributed by atoms with Gasteiger partial charge in [0.2, 0.25) is 5.82 Å². The first-order chi connectivity index (χ1) is 14.9. The highest BCUT2D eigenvalue weighted by molar-refractivity contribution is 9.12. The first-order valence-corrected chi connectivity index (χ1v) is 12.2. The summed E-state index contributed by atoms with van der Waals surface area (Å²) in [5.74, 6) is -4.98. The number of sulfone groups is 1. The third kappa shape index (κ3) is 4.42. The van der Waals surface area contributed by atoms with Crippen LogP contribution < -0.4 is 5.32 Å². The number of halogens is 4. The summed E-state index contributed by atoms with van der Waals surface area (Å²) in [6.07, 6.45) is 2.44. The zero-order valence-electron chi connectivity index (χ0n) is 16.9. The second kappa shape index (κ2) is 8.00. The number of aromatic nitrogens is 3. The number of amidine groups is 1. The lowest BCUT2D eigenvalue weighted by molar-refractivity contribution is 0.0315. The van der Waals surface area contributed by atoms with Crippen molar-refractivity contribution in [1.82, 2.24) is 14.6 Å². The number of nitrogens with zero attached hydrogens (tertiary/aromatic N) is 4. The Morgan fingerprint density at radius 3 is 2.53 bits per heavy atom. The van der Waals surface area contributed by atoms with Crippen molar-refractivity contribution in [2.24, 2.45) is 4.99 Å². The summed E-state index contributed by atoms with van der Waals surface area (Å²) >= 11 is 3.41. The van der Waals surface area contributed by atoms with E-state index >= 15 is 8.78 Å². The molecule has 0 spiro atoms. The van der Waals surface area contributed by atoms with Crippen LogP contribution in [-0.4, -0.2) is 41.7 Å². The summed E-state index contributed by atoms with van der Waals surface area (Å²) in [6.45, 7) is 2.30. The van der Waals surface area contributed by atoms with Gasteiger partial charge in [0.25, 0.3) is 0 Å². The van der Waals surface area contributed by atoms with Gasteiger partial charge in [-0.3, -0.25) is 4.99 Å². The summed E-state index contributed by atoms with van der Waals surface area (Å²) in [5, 5.41) is 6.87. The highest BCUT2D eigenvalue weighted by Crippen LogP contribution is 2.35. The normalized spacial score (nSPS) is 14.9. The lowest BCUT2D eigenvalue weighted by atomic mass is 10.1. The summed E-state index contributed by atoms with van der Waals surface area (Å²) in [7, 11) is -3.37. The van der Waals surface area contributed by atoms with Gasteiger partial charge in [-0.15, -0.1) is 5.10 Å². The van der Waals surface area contributed by atoms with Crippen LogP contribution in [0.3, 0.4) is 0 Å². The highest BCUT2D eigenvalue weighted by Gasteiger charge is 2.39. The molecule has 4 rings (SSSR count). The Morgan fingerprint density at radius 2 is 1.94 bits per heavy atom. The number of fused-ring (bicyclic) bond motifs is 1. The molecule has 0 saturated heterocycles. The fourth-order valence-corrected chi connectivity index (χ4v) is 4.31. The topological polar surface area (TPSA) is 88.7 Å². The maximum Gasteiger partial charge on any atom is 0.333 e. The van der Waals surface area contributed by atoms with E-state index in [1.807, 2.05) is 6.92 Å². The van der Waals surface area contributed by atoms with E-state index in [0.29, 0.717) is 27.9 Å². The number of alkyl halides is 2. The van der Waals surface area contributed by atoms with Crippen molar-refractivity contribution in [3.63, 3.8) is 0 Å². The van der Waals surface area contributed by atoms with E-state index in [9.17, 15) is 12.8 Å². The molecule has 12 heteroatoms. The molecule has 0 fully saturated rings. The number of hydrogen-bond donors (Lipinski definition) is 1. The summed E-state index contributed by atoms with van der Waals surface area (Å²) in [6, 6.07) is 5.30. The smallest absolute Gasteiger partial charge is 0.322 e. The van der Waals surface area contributed by atoms with E-state index in [1.54, 1.807) is 0 Å².